The van der Waals surface area contributed by atoms with Gasteiger partial charge in [0.2, 0.25) is 7.14 Å². The van der Waals surface area contributed by atoms with E-state index in [2.05, 4.69) is 0 Å². The predicted octanol–water partition coefficient (Wildman–Crippen LogP) is 3.10. The fourth-order valence-corrected chi connectivity index (χ4v) is 4.00. The monoisotopic (exact) mass is 285 g/mol. The number of benzene rings is 2. The van der Waals surface area contributed by atoms with Crippen molar-refractivity contribution in [2.24, 2.45) is 0 Å². The first-order valence-corrected chi connectivity index (χ1v) is 7.15. The molecule has 0 aliphatic heterocycles. The summed E-state index contributed by atoms with van der Waals surface area (Å²) in [5.41, 5.74) is 5.45. The summed E-state index contributed by atoms with van der Waals surface area (Å²) in [5.74, 6) is -4.87. The van der Waals surface area contributed by atoms with Crippen molar-refractivity contribution < 1.29 is 17.7 Å². The Morgan fingerprint density at radius 1 is 0.895 bits per heavy atom. The topological polar surface area (TPSA) is 43.1 Å². The van der Waals surface area contributed by atoms with Gasteiger partial charge in [0.15, 0.2) is 0 Å². The quantitative estimate of drug-likeness (QED) is 0.680. The van der Waals surface area contributed by atoms with Gasteiger partial charge in [0.1, 0.15) is 0 Å². The van der Waals surface area contributed by atoms with E-state index in [-0.39, 0.29) is 16.3 Å². The van der Waals surface area contributed by atoms with Crippen molar-refractivity contribution in [1.29, 1.82) is 0 Å². The summed E-state index contributed by atoms with van der Waals surface area (Å²) in [6, 6.07) is 12.2. The molecule has 0 bridgehead atoms. The van der Waals surface area contributed by atoms with Crippen LogP contribution in [0.15, 0.2) is 54.6 Å². The molecule has 1 atom stereocenters. The molecule has 19 heavy (non-hydrogen) atoms. The second-order valence-corrected chi connectivity index (χ2v) is 6.70. The van der Waals surface area contributed by atoms with E-state index in [0.717, 1.165) is 6.07 Å². The maximum atomic E-state index is 13.3. The number of nitrogens with two attached hydrogens (primary N) is 1. The summed E-state index contributed by atoms with van der Waals surface area (Å²) in [4.78, 5) is 0. The zero-order valence-electron chi connectivity index (χ0n) is 9.76. The molecule has 0 aliphatic carbocycles. The fraction of sp³-hybridized carbons (Fsp3) is 0.0769. The van der Waals surface area contributed by atoms with Gasteiger partial charge in [-0.15, -0.1) is 0 Å². The summed E-state index contributed by atoms with van der Waals surface area (Å²) >= 11 is 0. The van der Waals surface area contributed by atoms with Gasteiger partial charge in [-0.25, -0.2) is 0 Å². The molecule has 0 amide bonds. The minimum absolute atomic E-state index is 0.119. The maximum absolute atomic E-state index is 13.3. The second-order valence-electron chi connectivity index (χ2n) is 3.97. The third-order valence-electron chi connectivity index (χ3n) is 2.75. The number of anilines is 1. The van der Waals surface area contributed by atoms with Crippen LogP contribution in [-0.2, 0) is 4.57 Å². The number of halogens is 3. The molecular weight excluding hydrogens is 274 g/mol. The molecule has 0 spiro atoms. The summed E-state index contributed by atoms with van der Waals surface area (Å²) in [7, 11) is -4.77. The molecule has 0 saturated heterocycles. The summed E-state index contributed by atoms with van der Waals surface area (Å²) < 4.78 is 52.7. The van der Waals surface area contributed by atoms with Crippen LogP contribution < -0.4 is 16.3 Å². The standard InChI is InChI=1S/C13H11F3NOP/c14-13(15,16)19(18,10-6-2-1-3-7-10)12-9-5-4-8-11(12)17/h1-9H,17H2. The number of para-hydroxylation sites is 1. The minimum atomic E-state index is -4.87. The van der Waals surface area contributed by atoms with Crippen LogP contribution in [0.2, 0.25) is 0 Å². The van der Waals surface area contributed by atoms with Crippen molar-refractivity contribution in [3.63, 3.8) is 0 Å². The van der Waals surface area contributed by atoms with E-state index in [1.54, 1.807) is 6.07 Å². The first-order chi connectivity index (χ1) is 8.87. The molecule has 0 fully saturated rings. The van der Waals surface area contributed by atoms with Crippen molar-refractivity contribution in [2.75, 3.05) is 5.73 Å². The largest absolute Gasteiger partial charge is 0.448 e. The Balaban J connectivity index is 2.75. The number of hydrogen-bond donors (Lipinski definition) is 1. The lowest BCUT2D eigenvalue weighted by atomic mass is 10.3. The molecule has 0 heterocycles. The lowest BCUT2D eigenvalue weighted by molar-refractivity contribution is -0.0436. The molecule has 2 aromatic carbocycles. The summed E-state index contributed by atoms with van der Waals surface area (Å²) in [6.45, 7) is 0. The highest BCUT2D eigenvalue weighted by Crippen LogP contribution is 2.59. The highest BCUT2D eigenvalue weighted by molar-refractivity contribution is 7.79. The molecule has 2 aromatic rings. The van der Waals surface area contributed by atoms with Gasteiger partial charge in [-0.3, -0.25) is 0 Å². The number of alkyl halides is 3. The molecule has 0 saturated carbocycles. The molecule has 0 radical (unpaired) electrons. The lowest BCUT2D eigenvalue weighted by Gasteiger charge is -2.23. The Bertz CT molecular complexity index is 625. The molecule has 6 heteroatoms. The van der Waals surface area contributed by atoms with Gasteiger partial charge in [0.05, 0.1) is 0 Å². The summed E-state index contributed by atoms with van der Waals surface area (Å²) in [6.07, 6.45) is 0. The van der Waals surface area contributed by atoms with Crippen LogP contribution in [-0.4, -0.2) is 5.92 Å². The van der Waals surface area contributed by atoms with Crippen LogP contribution in [0.1, 0.15) is 0 Å². The molecule has 0 aromatic heterocycles. The van der Waals surface area contributed by atoms with E-state index >= 15 is 0 Å². The van der Waals surface area contributed by atoms with Crippen molar-refractivity contribution in [3.8, 4) is 0 Å². The van der Waals surface area contributed by atoms with E-state index < -0.39 is 13.1 Å². The number of rotatable bonds is 2. The van der Waals surface area contributed by atoms with Gasteiger partial charge in [-0.1, -0.05) is 42.5 Å². The average Bonchev–Trinajstić information content (AvgIpc) is 2.38. The average molecular weight is 285 g/mol. The van der Waals surface area contributed by atoms with Gasteiger partial charge in [-0.2, -0.15) is 13.2 Å². The van der Waals surface area contributed by atoms with Crippen LogP contribution >= 0.6 is 7.14 Å². The Morgan fingerprint density at radius 2 is 1.42 bits per heavy atom. The van der Waals surface area contributed by atoms with Crippen molar-refractivity contribution >= 4 is 23.4 Å². The first kappa shape index (κ1) is 13.7. The third-order valence-corrected chi connectivity index (χ3v) is 5.58. The minimum Gasteiger partial charge on any atom is -0.398 e. The summed E-state index contributed by atoms with van der Waals surface area (Å²) in [5, 5.41) is -0.630. The van der Waals surface area contributed by atoms with Crippen LogP contribution in [0, 0.1) is 0 Å². The Kier molecular flexibility index (Phi) is 3.42. The van der Waals surface area contributed by atoms with Crippen LogP contribution in [0.5, 0.6) is 0 Å². The SMILES string of the molecule is Nc1ccccc1P(=O)(c1ccccc1)C(F)(F)F. The van der Waals surface area contributed by atoms with Gasteiger partial charge in [0.25, 0.3) is 0 Å². The van der Waals surface area contributed by atoms with E-state index in [1.165, 1.54) is 42.5 Å². The van der Waals surface area contributed by atoms with Crippen LogP contribution in [0.3, 0.4) is 0 Å². The second kappa shape index (κ2) is 4.74. The van der Waals surface area contributed by atoms with Crippen molar-refractivity contribution in [3.05, 3.63) is 54.6 Å². The van der Waals surface area contributed by atoms with Gasteiger partial charge in [0, 0.05) is 16.3 Å². The van der Waals surface area contributed by atoms with Gasteiger partial charge < -0.3 is 10.3 Å². The number of nitrogen functional groups attached to an aromatic ring is 1. The normalized spacial score (nSPS) is 14.9. The molecular formula is C13H11F3NOP. The predicted molar refractivity (Wildman–Crippen MR) is 70.2 cm³/mol. The lowest BCUT2D eigenvalue weighted by Crippen LogP contribution is -2.29. The molecule has 2 nitrogen and oxygen atoms in total. The fourth-order valence-electron chi connectivity index (χ4n) is 1.83. The van der Waals surface area contributed by atoms with Crippen molar-refractivity contribution in [2.45, 2.75) is 5.92 Å². The molecule has 1 unspecified atom stereocenters. The zero-order valence-corrected chi connectivity index (χ0v) is 10.7. The van der Waals surface area contributed by atoms with E-state index in [9.17, 15) is 17.7 Å². The Morgan fingerprint density at radius 3 is 1.95 bits per heavy atom. The molecule has 2 rings (SSSR count). The van der Waals surface area contributed by atoms with E-state index in [0.29, 0.717) is 0 Å². The first-order valence-electron chi connectivity index (χ1n) is 5.45. The van der Waals surface area contributed by atoms with Crippen LogP contribution in [0.4, 0.5) is 18.9 Å². The third kappa shape index (κ3) is 2.26. The highest BCUT2D eigenvalue weighted by Gasteiger charge is 2.54. The van der Waals surface area contributed by atoms with E-state index in [1.807, 2.05) is 0 Å². The van der Waals surface area contributed by atoms with Gasteiger partial charge in [-0.05, 0) is 12.1 Å². The smallest absolute Gasteiger partial charge is 0.398 e. The van der Waals surface area contributed by atoms with E-state index in [4.69, 9.17) is 5.73 Å². The molecule has 2 N–H and O–H groups in total. The van der Waals surface area contributed by atoms with Crippen molar-refractivity contribution in [1.82, 2.24) is 0 Å². The highest BCUT2D eigenvalue weighted by atomic mass is 31.2. The molecule has 0 aliphatic rings. The number of hydrogen-bond acceptors (Lipinski definition) is 2. The van der Waals surface area contributed by atoms with Gasteiger partial charge >= 0.3 is 5.92 Å². The molecule has 100 valence electrons. The Labute approximate surface area is 108 Å². The Hall–Kier alpha value is -1.74. The maximum Gasteiger partial charge on any atom is 0.448 e. The van der Waals surface area contributed by atoms with Crippen LogP contribution in [0.25, 0.3) is 0 Å². The zero-order chi connectivity index (χ0) is 14.1.